The van der Waals surface area contributed by atoms with Gasteiger partial charge in [-0.25, -0.2) is 0 Å². The first-order chi connectivity index (χ1) is 6.93. The number of hydrogen-bond donors (Lipinski definition) is 2. The molecule has 0 heterocycles. The molecule has 1 rings (SSSR count). The van der Waals surface area contributed by atoms with Crippen LogP contribution in [0.25, 0.3) is 0 Å². The molecule has 0 aliphatic heterocycles. The Balaban J connectivity index is 2.53. The van der Waals surface area contributed by atoms with Gasteiger partial charge >= 0.3 is 0 Å². The fourth-order valence-corrected chi connectivity index (χ4v) is 2.89. The lowest BCUT2D eigenvalue weighted by atomic mass is 9.63. The van der Waals surface area contributed by atoms with Crippen LogP contribution in [0.15, 0.2) is 0 Å². The average Bonchev–Trinajstić information content (AvgIpc) is 2.17. The molecule has 15 heavy (non-hydrogen) atoms. The molecule has 0 amide bonds. The zero-order valence-electron chi connectivity index (χ0n) is 10.6. The first-order valence-corrected chi connectivity index (χ1v) is 6.24. The van der Waals surface area contributed by atoms with Crippen molar-refractivity contribution in [1.82, 2.24) is 0 Å². The molecule has 0 aromatic carbocycles. The molecule has 1 aliphatic carbocycles. The highest BCUT2D eigenvalue weighted by atomic mass is 16.3. The summed E-state index contributed by atoms with van der Waals surface area (Å²) < 4.78 is 0. The van der Waals surface area contributed by atoms with Crippen LogP contribution in [0.4, 0.5) is 0 Å². The Morgan fingerprint density at radius 2 is 1.80 bits per heavy atom. The van der Waals surface area contributed by atoms with Gasteiger partial charge in [-0.3, -0.25) is 0 Å². The molecule has 1 aliphatic rings. The second kappa shape index (κ2) is 4.84. The second-order valence-corrected chi connectivity index (χ2v) is 6.32. The first-order valence-electron chi connectivity index (χ1n) is 6.24. The molecule has 0 bridgehead atoms. The molecule has 3 N–H and O–H groups in total. The molecule has 0 radical (unpaired) electrons. The van der Waals surface area contributed by atoms with Gasteiger partial charge in [-0.05, 0) is 55.4 Å². The largest absolute Gasteiger partial charge is 0.396 e. The highest BCUT2D eigenvalue weighted by Gasteiger charge is 2.37. The fourth-order valence-electron chi connectivity index (χ4n) is 2.89. The normalized spacial score (nSPS) is 33.0. The lowest BCUT2D eigenvalue weighted by Crippen LogP contribution is -2.38. The molecule has 0 aromatic rings. The van der Waals surface area contributed by atoms with Gasteiger partial charge in [-0.2, -0.15) is 0 Å². The molecule has 1 fully saturated rings. The maximum Gasteiger partial charge on any atom is 0.0436 e. The predicted octanol–water partition coefficient (Wildman–Crippen LogP) is 2.55. The van der Waals surface area contributed by atoms with Crippen LogP contribution in [0.2, 0.25) is 0 Å². The van der Waals surface area contributed by atoms with Gasteiger partial charge in [-0.15, -0.1) is 0 Å². The van der Waals surface area contributed by atoms with Crippen molar-refractivity contribution in [2.45, 2.75) is 52.9 Å². The molecule has 0 atom stereocenters. The van der Waals surface area contributed by atoms with Crippen LogP contribution >= 0.6 is 0 Å². The number of aliphatic hydroxyl groups is 1. The first kappa shape index (κ1) is 13.0. The number of nitrogens with two attached hydrogens (primary N) is 1. The van der Waals surface area contributed by atoms with E-state index in [1.807, 2.05) is 0 Å². The summed E-state index contributed by atoms with van der Waals surface area (Å²) in [6, 6.07) is 0. The molecule has 90 valence electrons. The summed E-state index contributed by atoms with van der Waals surface area (Å²) >= 11 is 0. The van der Waals surface area contributed by atoms with Crippen molar-refractivity contribution in [2.24, 2.45) is 22.5 Å². The molecular formula is C13H27NO. The van der Waals surface area contributed by atoms with Crippen LogP contribution < -0.4 is 5.73 Å². The minimum absolute atomic E-state index is 0.247. The van der Waals surface area contributed by atoms with Crippen molar-refractivity contribution in [3.63, 3.8) is 0 Å². The third kappa shape index (κ3) is 3.18. The third-order valence-electron chi connectivity index (χ3n) is 4.35. The fraction of sp³-hybridized carbons (Fsp3) is 1.00. The Morgan fingerprint density at radius 3 is 2.13 bits per heavy atom. The van der Waals surface area contributed by atoms with Crippen LogP contribution in [0, 0.1) is 16.7 Å². The number of hydrogen-bond acceptors (Lipinski definition) is 2. The molecule has 2 nitrogen and oxygen atoms in total. The standard InChI is InChI=1S/C13H27NO/c1-12(2,3)11-4-6-13(10-14,7-5-11)8-9-15/h11,15H,4-10,14H2,1-3H3. The van der Waals surface area contributed by atoms with E-state index in [1.165, 1.54) is 25.7 Å². The zero-order chi connectivity index (χ0) is 11.5. The summed E-state index contributed by atoms with van der Waals surface area (Å²) in [5.41, 5.74) is 6.54. The lowest BCUT2D eigenvalue weighted by molar-refractivity contribution is 0.0710. The van der Waals surface area contributed by atoms with E-state index in [0.29, 0.717) is 5.41 Å². The van der Waals surface area contributed by atoms with Gasteiger partial charge < -0.3 is 10.8 Å². The highest BCUT2D eigenvalue weighted by Crippen LogP contribution is 2.46. The second-order valence-electron chi connectivity index (χ2n) is 6.32. The van der Waals surface area contributed by atoms with Crippen molar-refractivity contribution in [1.29, 1.82) is 0 Å². The van der Waals surface area contributed by atoms with Crippen molar-refractivity contribution in [3.05, 3.63) is 0 Å². The van der Waals surface area contributed by atoms with Crippen molar-refractivity contribution in [2.75, 3.05) is 13.2 Å². The highest BCUT2D eigenvalue weighted by molar-refractivity contribution is 4.89. The minimum atomic E-state index is 0.247. The van der Waals surface area contributed by atoms with E-state index < -0.39 is 0 Å². The lowest BCUT2D eigenvalue weighted by Gasteiger charge is -2.43. The summed E-state index contributed by atoms with van der Waals surface area (Å²) in [4.78, 5) is 0. The summed E-state index contributed by atoms with van der Waals surface area (Å²) in [6.45, 7) is 8.03. The predicted molar refractivity (Wildman–Crippen MR) is 64.6 cm³/mol. The Hall–Kier alpha value is -0.0800. The van der Waals surface area contributed by atoms with Gasteiger partial charge in [0.1, 0.15) is 0 Å². The van der Waals surface area contributed by atoms with E-state index in [4.69, 9.17) is 10.8 Å². The molecule has 0 unspecified atom stereocenters. The Bertz CT molecular complexity index is 187. The molecule has 1 saturated carbocycles. The van der Waals surface area contributed by atoms with Crippen LogP contribution in [-0.4, -0.2) is 18.3 Å². The smallest absolute Gasteiger partial charge is 0.0436 e. The molecule has 0 aromatic heterocycles. The average molecular weight is 213 g/mol. The Kier molecular flexibility index (Phi) is 4.19. The van der Waals surface area contributed by atoms with Crippen LogP contribution in [-0.2, 0) is 0 Å². The van der Waals surface area contributed by atoms with E-state index >= 15 is 0 Å². The van der Waals surface area contributed by atoms with Gasteiger partial charge in [0.2, 0.25) is 0 Å². The monoisotopic (exact) mass is 213 g/mol. The summed E-state index contributed by atoms with van der Waals surface area (Å²) in [7, 11) is 0. The van der Waals surface area contributed by atoms with E-state index in [2.05, 4.69) is 20.8 Å². The number of rotatable bonds is 3. The van der Waals surface area contributed by atoms with Crippen LogP contribution in [0.3, 0.4) is 0 Å². The van der Waals surface area contributed by atoms with Gasteiger partial charge in [0.15, 0.2) is 0 Å². The minimum Gasteiger partial charge on any atom is -0.396 e. The Morgan fingerprint density at radius 1 is 1.27 bits per heavy atom. The molecule has 2 heteroatoms. The molecule has 0 spiro atoms. The van der Waals surface area contributed by atoms with E-state index in [0.717, 1.165) is 18.9 Å². The third-order valence-corrected chi connectivity index (χ3v) is 4.35. The van der Waals surface area contributed by atoms with Crippen molar-refractivity contribution >= 4 is 0 Å². The quantitative estimate of drug-likeness (QED) is 0.757. The molecule has 0 saturated heterocycles. The summed E-state index contributed by atoms with van der Waals surface area (Å²) in [5.74, 6) is 0.830. The topological polar surface area (TPSA) is 46.2 Å². The Labute approximate surface area is 94.2 Å². The maximum atomic E-state index is 9.09. The SMILES string of the molecule is CC(C)(C)C1CCC(CN)(CCO)CC1. The van der Waals surface area contributed by atoms with E-state index in [9.17, 15) is 0 Å². The molecular weight excluding hydrogens is 186 g/mol. The number of aliphatic hydroxyl groups excluding tert-OH is 1. The van der Waals surface area contributed by atoms with Crippen molar-refractivity contribution < 1.29 is 5.11 Å². The van der Waals surface area contributed by atoms with Crippen molar-refractivity contribution in [3.8, 4) is 0 Å². The van der Waals surface area contributed by atoms with Gasteiger partial charge in [0, 0.05) is 6.61 Å². The van der Waals surface area contributed by atoms with Crippen LogP contribution in [0.1, 0.15) is 52.9 Å². The van der Waals surface area contributed by atoms with Gasteiger partial charge in [0.05, 0.1) is 0 Å². The maximum absolute atomic E-state index is 9.09. The van der Waals surface area contributed by atoms with Gasteiger partial charge in [0.25, 0.3) is 0 Å². The summed E-state index contributed by atoms with van der Waals surface area (Å²) in [6.07, 6.45) is 5.85. The zero-order valence-corrected chi connectivity index (χ0v) is 10.6. The van der Waals surface area contributed by atoms with Gasteiger partial charge in [-0.1, -0.05) is 20.8 Å². The van der Waals surface area contributed by atoms with E-state index in [-0.39, 0.29) is 12.0 Å². The summed E-state index contributed by atoms with van der Waals surface area (Å²) in [5, 5.41) is 9.09. The van der Waals surface area contributed by atoms with E-state index in [1.54, 1.807) is 0 Å². The van der Waals surface area contributed by atoms with Crippen LogP contribution in [0.5, 0.6) is 0 Å².